The van der Waals surface area contributed by atoms with Crippen LogP contribution in [-0.4, -0.2) is 35.7 Å². The fraction of sp³-hybridized carbons (Fsp3) is 0.562. The molecule has 0 radical (unpaired) electrons. The Kier molecular flexibility index (Phi) is 5.01. The summed E-state index contributed by atoms with van der Waals surface area (Å²) < 4.78 is 26.7. The van der Waals surface area contributed by atoms with Crippen LogP contribution in [0.4, 0.5) is 14.5 Å². The number of carbonyl (C=O) groups is 1. The third-order valence-electron chi connectivity index (χ3n) is 4.00. The maximum atomic E-state index is 13.8. The summed E-state index contributed by atoms with van der Waals surface area (Å²) in [4.78, 5) is 13.8. The van der Waals surface area contributed by atoms with E-state index in [9.17, 15) is 18.7 Å². The predicted octanol–water partition coefficient (Wildman–Crippen LogP) is 2.21. The number of aliphatic hydroxyl groups is 1. The van der Waals surface area contributed by atoms with Crippen molar-refractivity contribution in [2.75, 3.05) is 18.0 Å². The van der Waals surface area contributed by atoms with Crippen molar-refractivity contribution in [3.8, 4) is 0 Å². The van der Waals surface area contributed by atoms with Gasteiger partial charge in [-0.2, -0.15) is 0 Å². The normalized spacial score (nSPS) is 20.8. The summed E-state index contributed by atoms with van der Waals surface area (Å²) in [6, 6.07) is 3.33. The highest BCUT2D eigenvalue weighted by Gasteiger charge is 2.33. The molecule has 1 saturated heterocycles. The average molecular weight is 312 g/mol. The Morgan fingerprint density at radius 2 is 2.23 bits per heavy atom. The van der Waals surface area contributed by atoms with E-state index in [4.69, 9.17) is 0 Å². The quantitative estimate of drug-likeness (QED) is 0.876. The Morgan fingerprint density at radius 3 is 2.86 bits per heavy atom. The summed E-state index contributed by atoms with van der Waals surface area (Å²) >= 11 is 0. The van der Waals surface area contributed by atoms with Crippen LogP contribution >= 0.6 is 0 Å². The molecule has 22 heavy (non-hydrogen) atoms. The smallest absolute Gasteiger partial charge is 0.251 e. The molecule has 4 nitrogen and oxygen atoms in total. The summed E-state index contributed by atoms with van der Waals surface area (Å²) in [5.41, 5.74) is -1.05. The molecule has 2 atom stereocenters. The van der Waals surface area contributed by atoms with Crippen LogP contribution in [0.15, 0.2) is 18.2 Å². The molecule has 0 spiro atoms. The SMILES string of the molecule is CCCC(C)(O)C(=O)NC1CCN(c2ccc(F)cc2F)C1. The topological polar surface area (TPSA) is 52.6 Å². The van der Waals surface area contributed by atoms with Gasteiger partial charge in [0.25, 0.3) is 5.91 Å². The molecule has 2 rings (SSSR count). The van der Waals surface area contributed by atoms with E-state index >= 15 is 0 Å². The van der Waals surface area contributed by atoms with Crippen molar-refractivity contribution < 1.29 is 18.7 Å². The number of carbonyl (C=O) groups excluding carboxylic acids is 1. The fourth-order valence-corrected chi connectivity index (χ4v) is 2.78. The zero-order valence-electron chi connectivity index (χ0n) is 12.9. The lowest BCUT2D eigenvalue weighted by Gasteiger charge is -2.24. The highest BCUT2D eigenvalue weighted by Crippen LogP contribution is 2.24. The van der Waals surface area contributed by atoms with Crippen molar-refractivity contribution in [3.05, 3.63) is 29.8 Å². The molecular weight excluding hydrogens is 290 g/mol. The van der Waals surface area contributed by atoms with Crippen LogP contribution in [0.3, 0.4) is 0 Å². The molecule has 1 fully saturated rings. The van der Waals surface area contributed by atoms with E-state index in [0.717, 1.165) is 6.07 Å². The summed E-state index contributed by atoms with van der Waals surface area (Å²) in [7, 11) is 0. The third-order valence-corrected chi connectivity index (χ3v) is 4.00. The molecule has 122 valence electrons. The van der Waals surface area contributed by atoms with Crippen LogP contribution in [-0.2, 0) is 4.79 Å². The summed E-state index contributed by atoms with van der Waals surface area (Å²) in [6.45, 7) is 4.41. The number of nitrogens with one attached hydrogen (secondary N) is 1. The molecule has 0 aromatic heterocycles. The maximum Gasteiger partial charge on any atom is 0.251 e. The summed E-state index contributed by atoms with van der Waals surface area (Å²) in [6.07, 6.45) is 1.75. The van der Waals surface area contributed by atoms with E-state index in [1.165, 1.54) is 19.1 Å². The van der Waals surface area contributed by atoms with Crippen molar-refractivity contribution in [2.24, 2.45) is 0 Å². The van der Waals surface area contributed by atoms with Crippen molar-refractivity contribution >= 4 is 11.6 Å². The van der Waals surface area contributed by atoms with Gasteiger partial charge >= 0.3 is 0 Å². The molecule has 1 aliphatic heterocycles. The van der Waals surface area contributed by atoms with Gasteiger partial charge in [0.05, 0.1) is 5.69 Å². The number of rotatable bonds is 5. The minimum atomic E-state index is -1.39. The molecule has 2 N–H and O–H groups in total. The van der Waals surface area contributed by atoms with Crippen LogP contribution in [0.25, 0.3) is 0 Å². The number of nitrogens with zero attached hydrogens (tertiary/aromatic N) is 1. The van der Waals surface area contributed by atoms with Gasteiger partial charge in [-0.1, -0.05) is 13.3 Å². The van der Waals surface area contributed by atoms with Gasteiger partial charge in [-0.25, -0.2) is 8.78 Å². The van der Waals surface area contributed by atoms with Crippen LogP contribution in [0.5, 0.6) is 0 Å². The monoisotopic (exact) mass is 312 g/mol. The Hall–Kier alpha value is -1.69. The first-order valence-electron chi connectivity index (χ1n) is 7.57. The van der Waals surface area contributed by atoms with Crippen LogP contribution in [0.1, 0.15) is 33.1 Å². The number of hydrogen-bond donors (Lipinski definition) is 2. The molecule has 1 aliphatic rings. The van der Waals surface area contributed by atoms with Gasteiger partial charge in [-0.3, -0.25) is 4.79 Å². The van der Waals surface area contributed by atoms with Crippen LogP contribution in [0, 0.1) is 11.6 Å². The van der Waals surface area contributed by atoms with E-state index in [1.54, 1.807) is 4.90 Å². The highest BCUT2D eigenvalue weighted by atomic mass is 19.1. The predicted molar refractivity (Wildman–Crippen MR) is 80.7 cm³/mol. The lowest BCUT2D eigenvalue weighted by Crippen LogP contribution is -2.49. The van der Waals surface area contributed by atoms with E-state index in [-0.39, 0.29) is 6.04 Å². The first-order valence-corrected chi connectivity index (χ1v) is 7.57. The van der Waals surface area contributed by atoms with E-state index in [1.807, 2.05) is 6.92 Å². The van der Waals surface area contributed by atoms with E-state index < -0.39 is 23.1 Å². The standard InChI is InChI=1S/C16H22F2N2O2/c1-3-7-16(2,22)15(21)19-12-6-8-20(10-12)14-5-4-11(17)9-13(14)18/h4-5,9,12,22H,3,6-8,10H2,1-2H3,(H,19,21). The number of anilines is 1. The van der Waals surface area contributed by atoms with Gasteiger partial charge in [0, 0.05) is 25.2 Å². The molecule has 6 heteroatoms. The number of hydrogen-bond acceptors (Lipinski definition) is 3. The van der Waals surface area contributed by atoms with Gasteiger partial charge < -0.3 is 15.3 Å². The molecule has 1 aromatic rings. The largest absolute Gasteiger partial charge is 0.380 e. The van der Waals surface area contributed by atoms with Gasteiger partial charge in [-0.05, 0) is 31.9 Å². The van der Waals surface area contributed by atoms with Crippen molar-refractivity contribution in [3.63, 3.8) is 0 Å². The lowest BCUT2D eigenvalue weighted by molar-refractivity contribution is -0.139. The third kappa shape index (κ3) is 3.74. The first kappa shape index (κ1) is 16.7. The molecule has 1 amide bonds. The van der Waals surface area contributed by atoms with Gasteiger partial charge in [-0.15, -0.1) is 0 Å². The number of amides is 1. The fourth-order valence-electron chi connectivity index (χ4n) is 2.78. The van der Waals surface area contributed by atoms with Crippen LogP contribution in [0.2, 0.25) is 0 Å². The summed E-state index contributed by atoms with van der Waals surface area (Å²) in [5.74, 6) is -1.62. The van der Waals surface area contributed by atoms with Crippen molar-refractivity contribution in [1.29, 1.82) is 0 Å². The summed E-state index contributed by atoms with van der Waals surface area (Å²) in [5, 5.41) is 12.9. The maximum absolute atomic E-state index is 13.8. The second-order valence-corrected chi connectivity index (χ2v) is 6.02. The average Bonchev–Trinajstić information content (AvgIpc) is 2.86. The highest BCUT2D eigenvalue weighted by molar-refractivity contribution is 5.84. The first-order chi connectivity index (χ1) is 10.3. The molecule has 0 aliphatic carbocycles. The molecule has 0 bridgehead atoms. The van der Waals surface area contributed by atoms with E-state index in [2.05, 4.69) is 5.32 Å². The minimum absolute atomic E-state index is 0.153. The Morgan fingerprint density at radius 1 is 1.50 bits per heavy atom. The molecular formula is C16H22F2N2O2. The Labute approximate surface area is 129 Å². The van der Waals surface area contributed by atoms with Gasteiger partial charge in [0.1, 0.15) is 17.2 Å². The van der Waals surface area contributed by atoms with Gasteiger partial charge in [0.15, 0.2) is 0 Å². The lowest BCUT2D eigenvalue weighted by atomic mass is 9.99. The number of benzene rings is 1. The van der Waals surface area contributed by atoms with Crippen LogP contribution < -0.4 is 10.2 Å². The minimum Gasteiger partial charge on any atom is -0.380 e. The zero-order valence-corrected chi connectivity index (χ0v) is 12.9. The van der Waals surface area contributed by atoms with Crippen molar-refractivity contribution in [1.82, 2.24) is 5.32 Å². The Balaban J connectivity index is 1.97. The molecule has 2 unspecified atom stereocenters. The Bertz CT molecular complexity index is 549. The molecule has 1 heterocycles. The molecule has 0 saturated carbocycles. The molecule has 1 aromatic carbocycles. The zero-order chi connectivity index (χ0) is 16.3. The van der Waals surface area contributed by atoms with E-state index in [0.29, 0.717) is 38.0 Å². The number of halogens is 2. The van der Waals surface area contributed by atoms with Gasteiger partial charge in [0.2, 0.25) is 0 Å². The second-order valence-electron chi connectivity index (χ2n) is 6.02. The second kappa shape index (κ2) is 6.60. The van der Waals surface area contributed by atoms with Crippen molar-refractivity contribution in [2.45, 2.75) is 44.8 Å².